The average molecular weight is 339 g/mol. The van der Waals surface area contributed by atoms with Crippen molar-refractivity contribution >= 4 is 33.7 Å². The predicted molar refractivity (Wildman–Crippen MR) is 85.1 cm³/mol. The minimum Gasteiger partial charge on any atom is -0.478 e. The highest BCUT2D eigenvalue weighted by Crippen LogP contribution is 2.27. The van der Waals surface area contributed by atoms with Crippen LogP contribution >= 0.6 is 15.9 Å². The molecule has 0 spiro atoms. The van der Waals surface area contributed by atoms with Crippen LogP contribution in [0.3, 0.4) is 0 Å². The number of halogens is 1. The quantitative estimate of drug-likeness (QED) is 0.860. The van der Waals surface area contributed by atoms with E-state index in [4.69, 9.17) is 5.11 Å². The number of likely N-dealkylation sites (N-methyl/N-ethyl adjacent to an activating group) is 1. The Labute approximate surface area is 127 Å². The van der Waals surface area contributed by atoms with Gasteiger partial charge in [-0.05, 0) is 37.7 Å². The lowest BCUT2D eigenvalue weighted by Gasteiger charge is -2.40. The first-order valence-electron chi connectivity index (χ1n) is 6.63. The normalized spacial score (nSPS) is 20.6. The average Bonchev–Trinajstić information content (AvgIpc) is 2.37. The van der Waals surface area contributed by atoms with E-state index in [1.54, 1.807) is 6.08 Å². The van der Waals surface area contributed by atoms with Crippen LogP contribution in [0, 0.1) is 0 Å². The number of anilines is 1. The smallest absolute Gasteiger partial charge is 0.328 e. The van der Waals surface area contributed by atoms with Crippen LogP contribution in [0.2, 0.25) is 0 Å². The molecule has 0 amide bonds. The second-order valence-corrected chi connectivity index (χ2v) is 6.04. The fourth-order valence-corrected chi connectivity index (χ4v) is 3.01. The summed E-state index contributed by atoms with van der Waals surface area (Å²) in [5.41, 5.74) is 2.04. The number of nitrogens with zero attached hydrogens (tertiary/aromatic N) is 2. The van der Waals surface area contributed by atoms with Gasteiger partial charge in [0.15, 0.2) is 0 Å². The van der Waals surface area contributed by atoms with Crippen LogP contribution in [0.4, 0.5) is 5.69 Å². The minimum atomic E-state index is -0.936. The first-order chi connectivity index (χ1) is 9.47. The van der Waals surface area contributed by atoms with Gasteiger partial charge in [0.05, 0.1) is 0 Å². The van der Waals surface area contributed by atoms with E-state index in [0.29, 0.717) is 6.04 Å². The molecule has 0 aromatic heterocycles. The second kappa shape index (κ2) is 6.41. The van der Waals surface area contributed by atoms with Crippen LogP contribution in [-0.2, 0) is 4.79 Å². The zero-order chi connectivity index (χ0) is 14.7. The van der Waals surface area contributed by atoms with Crippen molar-refractivity contribution in [1.29, 1.82) is 0 Å². The summed E-state index contributed by atoms with van der Waals surface area (Å²) in [6, 6.07) is 6.53. The highest BCUT2D eigenvalue weighted by atomic mass is 79.9. The van der Waals surface area contributed by atoms with Crippen molar-refractivity contribution in [2.45, 2.75) is 13.0 Å². The molecule has 1 fully saturated rings. The van der Waals surface area contributed by atoms with Crippen molar-refractivity contribution in [1.82, 2.24) is 4.90 Å². The van der Waals surface area contributed by atoms with Crippen LogP contribution in [0.5, 0.6) is 0 Å². The van der Waals surface area contributed by atoms with E-state index in [2.05, 4.69) is 45.8 Å². The lowest BCUT2D eigenvalue weighted by Crippen LogP contribution is -2.50. The summed E-state index contributed by atoms with van der Waals surface area (Å²) in [6.45, 7) is 5.34. The van der Waals surface area contributed by atoms with Gasteiger partial charge in [-0.15, -0.1) is 0 Å². The number of hydrogen-bond donors (Lipinski definition) is 1. The highest BCUT2D eigenvalue weighted by molar-refractivity contribution is 9.10. The Kier molecular flexibility index (Phi) is 4.83. The molecule has 108 valence electrons. The molecule has 1 heterocycles. The van der Waals surface area contributed by atoms with Gasteiger partial charge < -0.3 is 14.9 Å². The van der Waals surface area contributed by atoms with Crippen LogP contribution < -0.4 is 4.90 Å². The predicted octanol–water partition coefficient (Wildman–Crippen LogP) is 2.69. The van der Waals surface area contributed by atoms with E-state index in [1.165, 1.54) is 5.69 Å². The number of rotatable bonds is 3. The van der Waals surface area contributed by atoms with Gasteiger partial charge in [0.25, 0.3) is 0 Å². The van der Waals surface area contributed by atoms with Crippen LogP contribution in [0.1, 0.15) is 12.5 Å². The third kappa shape index (κ3) is 3.61. The third-order valence-electron chi connectivity index (χ3n) is 3.55. The van der Waals surface area contributed by atoms with E-state index >= 15 is 0 Å². The summed E-state index contributed by atoms with van der Waals surface area (Å²) in [6.07, 6.45) is 2.75. The lowest BCUT2D eigenvalue weighted by atomic mass is 10.1. The third-order valence-corrected chi connectivity index (χ3v) is 4.24. The molecule has 0 radical (unpaired) electrons. The SMILES string of the molecule is CC1CN(C)CCN1c1ccc(/C=C/C(=O)O)c(Br)c1. The van der Waals surface area contributed by atoms with Crippen molar-refractivity contribution < 1.29 is 9.90 Å². The Bertz CT molecular complexity index is 531. The molecule has 1 unspecified atom stereocenters. The maximum atomic E-state index is 10.6. The molecule has 20 heavy (non-hydrogen) atoms. The molecule has 4 nitrogen and oxygen atoms in total. The topological polar surface area (TPSA) is 43.8 Å². The number of hydrogen-bond acceptors (Lipinski definition) is 3. The number of benzene rings is 1. The molecule has 1 aromatic carbocycles. The van der Waals surface area contributed by atoms with Crippen molar-refractivity contribution in [2.24, 2.45) is 0 Å². The summed E-state index contributed by atoms with van der Waals surface area (Å²) in [5.74, 6) is -0.936. The van der Waals surface area contributed by atoms with Gasteiger partial charge in [0.2, 0.25) is 0 Å². The van der Waals surface area contributed by atoms with Gasteiger partial charge in [-0.2, -0.15) is 0 Å². The highest BCUT2D eigenvalue weighted by Gasteiger charge is 2.21. The fraction of sp³-hybridized carbons (Fsp3) is 0.400. The summed E-state index contributed by atoms with van der Waals surface area (Å²) >= 11 is 3.51. The van der Waals surface area contributed by atoms with Crippen LogP contribution in [-0.4, -0.2) is 48.7 Å². The van der Waals surface area contributed by atoms with E-state index in [-0.39, 0.29) is 0 Å². The van der Waals surface area contributed by atoms with E-state index in [1.807, 2.05) is 12.1 Å². The lowest BCUT2D eigenvalue weighted by molar-refractivity contribution is -0.131. The van der Waals surface area contributed by atoms with Crippen molar-refractivity contribution in [2.75, 3.05) is 31.6 Å². The maximum absolute atomic E-state index is 10.6. The van der Waals surface area contributed by atoms with Gasteiger partial charge in [-0.3, -0.25) is 0 Å². The first-order valence-corrected chi connectivity index (χ1v) is 7.42. The molecule has 1 N–H and O–H groups in total. The van der Waals surface area contributed by atoms with E-state index in [0.717, 1.165) is 35.7 Å². The Morgan fingerprint density at radius 2 is 2.20 bits per heavy atom. The number of carboxylic acids is 1. The standard InChI is InChI=1S/C15H19BrN2O2/c1-11-10-17(2)7-8-18(11)13-5-3-12(14(16)9-13)4-6-15(19)20/h3-6,9,11H,7-8,10H2,1-2H3,(H,19,20)/b6-4+. The number of piperazine rings is 1. The number of aliphatic carboxylic acids is 1. The summed E-state index contributed by atoms with van der Waals surface area (Å²) < 4.78 is 0.915. The van der Waals surface area contributed by atoms with Crippen molar-refractivity contribution in [3.8, 4) is 0 Å². The molecule has 1 saturated heterocycles. The number of carbonyl (C=O) groups is 1. The molecule has 1 aliphatic rings. The van der Waals surface area contributed by atoms with E-state index in [9.17, 15) is 4.79 Å². The zero-order valence-electron chi connectivity index (χ0n) is 11.7. The molecule has 0 saturated carbocycles. The van der Waals surface area contributed by atoms with Gasteiger partial charge >= 0.3 is 5.97 Å². The molecule has 1 aromatic rings. The fourth-order valence-electron chi connectivity index (χ4n) is 2.51. The molecule has 0 bridgehead atoms. The summed E-state index contributed by atoms with van der Waals surface area (Å²) in [5, 5.41) is 8.67. The Hall–Kier alpha value is -1.33. The van der Waals surface area contributed by atoms with Crippen molar-refractivity contribution in [3.05, 3.63) is 34.3 Å². The molecule has 2 rings (SSSR count). The maximum Gasteiger partial charge on any atom is 0.328 e. The monoisotopic (exact) mass is 338 g/mol. The molecule has 1 atom stereocenters. The second-order valence-electron chi connectivity index (χ2n) is 5.18. The molecule has 5 heteroatoms. The van der Waals surface area contributed by atoms with E-state index < -0.39 is 5.97 Å². The van der Waals surface area contributed by atoms with Gasteiger partial charge in [-0.25, -0.2) is 4.79 Å². The zero-order valence-corrected chi connectivity index (χ0v) is 13.3. The molecular formula is C15H19BrN2O2. The van der Waals surface area contributed by atoms with Crippen LogP contribution in [0.25, 0.3) is 6.08 Å². The summed E-state index contributed by atoms with van der Waals surface area (Å²) in [4.78, 5) is 15.3. The molecule has 1 aliphatic heterocycles. The van der Waals surface area contributed by atoms with Gasteiger partial charge in [-0.1, -0.05) is 22.0 Å². The Morgan fingerprint density at radius 1 is 1.45 bits per heavy atom. The summed E-state index contributed by atoms with van der Waals surface area (Å²) in [7, 11) is 2.14. The Balaban J connectivity index is 2.18. The molecular weight excluding hydrogens is 320 g/mol. The first kappa shape index (κ1) is 15.1. The van der Waals surface area contributed by atoms with Crippen LogP contribution in [0.15, 0.2) is 28.7 Å². The van der Waals surface area contributed by atoms with Gasteiger partial charge in [0.1, 0.15) is 0 Å². The molecule has 0 aliphatic carbocycles. The van der Waals surface area contributed by atoms with Crippen molar-refractivity contribution in [3.63, 3.8) is 0 Å². The largest absolute Gasteiger partial charge is 0.478 e. The Morgan fingerprint density at radius 3 is 2.80 bits per heavy atom. The minimum absolute atomic E-state index is 0.473. The number of carboxylic acid groups (broad SMARTS) is 1. The van der Waals surface area contributed by atoms with Gasteiger partial charge in [0, 0.05) is 41.9 Å².